The van der Waals surface area contributed by atoms with Gasteiger partial charge in [0.05, 0.1) is 31.4 Å². The van der Waals surface area contributed by atoms with E-state index in [9.17, 15) is 9.18 Å². The molecule has 7 heteroatoms. The van der Waals surface area contributed by atoms with Crippen LogP contribution in [0.1, 0.15) is 28.9 Å². The molecule has 144 valence electrons. The first-order chi connectivity index (χ1) is 13.2. The Morgan fingerprint density at radius 3 is 2.63 bits per heavy atom. The second kappa shape index (κ2) is 9.43. The van der Waals surface area contributed by atoms with Gasteiger partial charge in [-0.3, -0.25) is 4.90 Å². The summed E-state index contributed by atoms with van der Waals surface area (Å²) in [6.45, 7) is 5.71. The van der Waals surface area contributed by atoms with Crippen LogP contribution in [0.25, 0.3) is 0 Å². The molecule has 0 spiro atoms. The maximum Gasteiger partial charge on any atom is 0.339 e. The van der Waals surface area contributed by atoms with Crippen LogP contribution in [0.5, 0.6) is 0 Å². The van der Waals surface area contributed by atoms with Crippen LogP contribution in [-0.4, -0.2) is 55.3 Å². The van der Waals surface area contributed by atoms with E-state index in [1.165, 1.54) is 18.3 Å². The second-order valence-corrected chi connectivity index (χ2v) is 6.25. The number of hydrogen-bond donors (Lipinski definition) is 1. The van der Waals surface area contributed by atoms with E-state index in [1.54, 1.807) is 19.1 Å². The highest BCUT2D eigenvalue weighted by molar-refractivity contribution is 5.89. The van der Waals surface area contributed by atoms with Crippen molar-refractivity contribution >= 4 is 11.8 Å². The Kier molecular flexibility index (Phi) is 6.73. The van der Waals surface area contributed by atoms with Gasteiger partial charge in [0, 0.05) is 25.8 Å². The summed E-state index contributed by atoms with van der Waals surface area (Å²) in [4.78, 5) is 18.3. The Morgan fingerprint density at radius 1 is 1.26 bits per heavy atom. The van der Waals surface area contributed by atoms with Crippen LogP contribution < -0.4 is 5.32 Å². The maximum atomic E-state index is 13.3. The number of benzene rings is 1. The van der Waals surface area contributed by atoms with Crippen molar-refractivity contribution in [2.24, 2.45) is 0 Å². The lowest BCUT2D eigenvalue weighted by Crippen LogP contribution is -2.41. The van der Waals surface area contributed by atoms with Crippen molar-refractivity contribution in [2.75, 3.05) is 44.8 Å². The molecule has 1 aromatic carbocycles. The monoisotopic (exact) mass is 373 g/mol. The standard InChI is InChI=1S/C20H24FN3O3/c1-2-27-20(25)16-5-8-19(22-13-16)23-14-18(24-9-11-26-12-10-24)15-3-6-17(21)7-4-15/h3-8,13,18H,2,9-12,14H2,1H3,(H,22,23). The van der Waals surface area contributed by atoms with Gasteiger partial charge in [0.15, 0.2) is 0 Å². The average Bonchev–Trinajstić information content (AvgIpc) is 2.71. The fourth-order valence-electron chi connectivity index (χ4n) is 3.07. The van der Waals surface area contributed by atoms with Crippen LogP contribution in [0.4, 0.5) is 10.2 Å². The highest BCUT2D eigenvalue weighted by Crippen LogP contribution is 2.23. The van der Waals surface area contributed by atoms with E-state index in [4.69, 9.17) is 9.47 Å². The molecule has 1 N–H and O–H groups in total. The Hall–Kier alpha value is -2.51. The Morgan fingerprint density at radius 2 is 2.00 bits per heavy atom. The zero-order valence-electron chi connectivity index (χ0n) is 15.4. The summed E-state index contributed by atoms with van der Waals surface area (Å²) in [5, 5.41) is 3.31. The van der Waals surface area contributed by atoms with Gasteiger partial charge in [-0.15, -0.1) is 0 Å². The normalized spacial score (nSPS) is 15.9. The van der Waals surface area contributed by atoms with Gasteiger partial charge < -0.3 is 14.8 Å². The van der Waals surface area contributed by atoms with Crippen LogP contribution in [0, 0.1) is 5.82 Å². The van der Waals surface area contributed by atoms with Crippen molar-refractivity contribution in [1.29, 1.82) is 0 Å². The first-order valence-corrected chi connectivity index (χ1v) is 9.11. The predicted molar refractivity (Wildman–Crippen MR) is 100 cm³/mol. The molecule has 6 nitrogen and oxygen atoms in total. The first-order valence-electron chi connectivity index (χ1n) is 9.11. The zero-order chi connectivity index (χ0) is 19.1. The molecule has 3 rings (SSSR count). The van der Waals surface area contributed by atoms with Crippen molar-refractivity contribution in [1.82, 2.24) is 9.88 Å². The number of esters is 1. The Labute approximate surface area is 158 Å². The van der Waals surface area contributed by atoms with E-state index < -0.39 is 0 Å². The quantitative estimate of drug-likeness (QED) is 0.753. The van der Waals surface area contributed by atoms with Crippen molar-refractivity contribution < 1.29 is 18.7 Å². The van der Waals surface area contributed by atoms with Gasteiger partial charge in [-0.25, -0.2) is 14.2 Å². The number of nitrogens with one attached hydrogen (secondary N) is 1. The third-order valence-corrected chi connectivity index (χ3v) is 4.49. The number of hydrogen-bond acceptors (Lipinski definition) is 6. The third-order valence-electron chi connectivity index (χ3n) is 4.49. The smallest absolute Gasteiger partial charge is 0.339 e. The molecule has 1 aliphatic rings. The number of aromatic nitrogens is 1. The number of nitrogens with zero attached hydrogens (tertiary/aromatic N) is 2. The lowest BCUT2D eigenvalue weighted by molar-refractivity contribution is 0.0187. The molecule has 0 radical (unpaired) electrons. The van der Waals surface area contributed by atoms with Gasteiger partial charge in [-0.05, 0) is 36.8 Å². The van der Waals surface area contributed by atoms with Crippen molar-refractivity contribution in [3.8, 4) is 0 Å². The molecule has 27 heavy (non-hydrogen) atoms. The van der Waals surface area contributed by atoms with Crippen molar-refractivity contribution in [3.05, 3.63) is 59.5 Å². The fourth-order valence-corrected chi connectivity index (χ4v) is 3.07. The molecule has 1 saturated heterocycles. The molecule has 1 atom stereocenters. The van der Waals surface area contributed by atoms with E-state index in [2.05, 4.69) is 15.2 Å². The van der Waals surface area contributed by atoms with Crippen molar-refractivity contribution in [2.45, 2.75) is 13.0 Å². The van der Waals surface area contributed by atoms with Crippen LogP contribution in [-0.2, 0) is 9.47 Å². The van der Waals surface area contributed by atoms with Gasteiger partial charge in [-0.1, -0.05) is 12.1 Å². The number of halogens is 1. The number of rotatable bonds is 7. The van der Waals surface area contributed by atoms with Crippen LogP contribution >= 0.6 is 0 Å². The van der Waals surface area contributed by atoms with E-state index in [-0.39, 0.29) is 17.8 Å². The number of ether oxygens (including phenoxy) is 2. The molecule has 0 amide bonds. The Bertz CT molecular complexity index is 731. The van der Waals surface area contributed by atoms with Crippen LogP contribution in [0.3, 0.4) is 0 Å². The van der Waals surface area contributed by atoms with Gasteiger partial charge in [0.2, 0.25) is 0 Å². The van der Waals surface area contributed by atoms with E-state index in [1.807, 2.05) is 12.1 Å². The number of carbonyl (C=O) groups excluding carboxylic acids is 1. The summed E-state index contributed by atoms with van der Waals surface area (Å²) in [5.74, 6) is 0.0427. The molecule has 1 aliphatic heterocycles. The molecule has 0 bridgehead atoms. The molecular formula is C20H24FN3O3. The number of anilines is 1. The SMILES string of the molecule is CCOC(=O)c1ccc(NCC(c2ccc(F)cc2)N2CCOCC2)nc1. The van der Waals surface area contributed by atoms with Gasteiger partial charge in [0.25, 0.3) is 0 Å². The minimum atomic E-state index is -0.381. The average molecular weight is 373 g/mol. The summed E-state index contributed by atoms with van der Waals surface area (Å²) >= 11 is 0. The summed E-state index contributed by atoms with van der Waals surface area (Å²) in [6.07, 6.45) is 1.50. The maximum absolute atomic E-state index is 13.3. The highest BCUT2D eigenvalue weighted by atomic mass is 19.1. The summed E-state index contributed by atoms with van der Waals surface area (Å²) < 4.78 is 23.7. The van der Waals surface area contributed by atoms with Crippen LogP contribution in [0.15, 0.2) is 42.6 Å². The molecule has 1 unspecified atom stereocenters. The first kappa shape index (κ1) is 19.3. The molecule has 2 aromatic rings. The van der Waals surface area contributed by atoms with Gasteiger partial charge in [-0.2, -0.15) is 0 Å². The summed E-state index contributed by atoms with van der Waals surface area (Å²) in [6, 6.07) is 10.1. The third kappa shape index (κ3) is 5.24. The summed E-state index contributed by atoms with van der Waals surface area (Å²) in [7, 11) is 0. The highest BCUT2D eigenvalue weighted by Gasteiger charge is 2.22. The van der Waals surface area contributed by atoms with Crippen molar-refractivity contribution in [3.63, 3.8) is 0 Å². The molecule has 1 fully saturated rings. The van der Waals surface area contributed by atoms with E-state index in [0.29, 0.717) is 37.7 Å². The van der Waals surface area contributed by atoms with Gasteiger partial charge >= 0.3 is 5.97 Å². The topological polar surface area (TPSA) is 63.7 Å². The number of morpholine rings is 1. The lowest BCUT2D eigenvalue weighted by atomic mass is 10.0. The zero-order valence-corrected chi connectivity index (χ0v) is 15.4. The minimum absolute atomic E-state index is 0.0704. The molecule has 2 heterocycles. The predicted octanol–water partition coefficient (Wildman–Crippen LogP) is 2.88. The largest absolute Gasteiger partial charge is 0.462 e. The molecular weight excluding hydrogens is 349 g/mol. The van der Waals surface area contributed by atoms with Crippen LogP contribution in [0.2, 0.25) is 0 Å². The Balaban J connectivity index is 1.68. The lowest BCUT2D eigenvalue weighted by Gasteiger charge is -2.35. The second-order valence-electron chi connectivity index (χ2n) is 6.25. The van der Waals surface area contributed by atoms with Gasteiger partial charge in [0.1, 0.15) is 11.6 Å². The van der Waals surface area contributed by atoms with E-state index >= 15 is 0 Å². The minimum Gasteiger partial charge on any atom is -0.462 e. The van der Waals surface area contributed by atoms with E-state index in [0.717, 1.165) is 18.7 Å². The summed E-state index contributed by atoms with van der Waals surface area (Å²) in [5.41, 5.74) is 1.46. The molecule has 1 aromatic heterocycles. The number of carbonyl (C=O) groups is 1. The molecule has 0 saturated carbocycles. The molecule has 0 aliphatic carbocycles. The number of pyridine rings is 1. The fraction of sp³-hybridized carbons (Fsp3) is 0.400.